The molecule has 1 aliphatic rings. The smallest absolute Gasteiger partial charge is 0.263 e. The molecule has 0 saturated carbocycles. The van der Waals surface area contributed by atoms with Gasteiger partial charge in [0.05, 0.1) is 17.7 Å². The van der Waals surface area contributed by atoms with E-state index in [0.29, 0.717) is 30.8 Å². The SMILES string of the molecule is CCCCc1ccc(COc2ccc(CCOC(C)OCN3C(=O)c4ccccc4C3=O)cc2)cc1. The predicted molar refractivity (Wildman–Crippen MR) is 138 cm³/mol. The molecule has 3 aromatic carbocycles. The topological polar surface area (TPSA) is 65.1 Å². The van der Waals surface area contributed by atoms with E-state index in [1.165, 1.54) is 18.4 Å². The second-order valence-corrected chi connectivity index (χ2v) is 8.92. The van der Waals surface area contributed by atoms with Crippen molar-refractivity contribution in [2.24, 2.45) is 0 Å². The van der Waals surface area contributed by atoms with Gasteiger partial charge in [0, 0.05) is 0 Å². The summed E-state index contributed by atoms with van der Waals surface area (Å²) in [6.45, 7) is 4.82. The van der Waals surface area contributed by atoms with E-state index >= 15 is 0 Å². The van der Waals surface area contributed by atoms with Crippen LogP contribution in [0.2, 0.25) is 0 Å². The van der Waals surface area contributed by atoms with Gasteiger partial charge < -0.3 is 14.2 Å². The minimum atomic E-state index is -0.551. The maximum absolute atomic E-state index is 12.4. The average Bonchev–Trinajstić information content (AvgIpc) is 3.15. The molecule has 0 saturated heterocycles. The van der Waals surface area contributed by atoms with Gasteiger partial charge in [0.15, 0.2) is 6.29 Å². The first-order chi connectivity index (χ1) is 17.5. The number of hydrogen-bond acceptors (Lipinski definition) is 5. The highest BCUT2D eigenvalue weighted by molar-refractivity contribution is 6.21. The number of carbonyl (C=O) groups excluding carboxylic acids is 2. The fourth-order valence-electron chi connectivity index (χ4n) is 4.03. The number of benzene rings is 3. The molecule has 0 bridgehead atoms. The average molecular weight is 488 g/mol. The number of unbranched alkanes of at least 4 members (excludes halogenated alkanes) is 1. The molecule has 1 heterocycles. The van der Waals surface area contributed by atoms with Gasteiger partial charge in [0.25, 0.3) is 11.8 Å². The van der Waals surface area contributed by atoms with E-state index in [2.05, 4.69) is 31.2 Å². The first-order valence-electron chi connectivity index (χ1n) is 12.5. The summed E-state index contributed by atoms with van der Waals surface area (Å²) in [4.78, 5) is 25.9. The van der Waals surface area contributed by atoms with Crippen LogP contribution in [0.1, 0.15) is 64.1 Å². The van der Waals surface area contributed by atoms with E-state index in [0.717, 1.165) is 28.2 Å². The Morgan fingerprint density at radius 3 is 1.97 bits per heavy atom. The number of carbonyl (C=O) groups is 2. The second-order valence-electron chi connectivity index (χ2n) is 8.92. The van der Waals surface area contributed by atoms with Crippen LogP contribution in [0.4, 0.5) is 0 Å². The molecule has 6 heteroatoms. The van der Waals surface area contributed by atoms with Gasteiger partial charge in [-0.25, -0.2) is 4.90 Å². The Labute approximate surface area is 212 Å². The van der Waals surface area contributed by atoms with E-state index in [-0.39, 0.29) is 18.5 Å². The molecule has 0 spiro atoms. The van der Waals surface area contributed by atoms with E-state index in [1.807, 2.05) is 24.3 Å². The van der Waals surface area contributed by atoms with Crippen LogP contribution < -0.4 is 4.74 Å². The predicted octanol–water partition coefficient (Wildman–Crippen LogP) is 5.78. The maximum atomic E-state index is 12.4. The van der Waals surface area contributed by atoms with Gasteiger partial charge in [-0.1, -0.05) is 61.9 Å². The lowest BCUT2D eigenvalue weighted by molar-refractivity contribution is -0.145. The molecule has 36 heavy (non-hydrogen) atoms. The van der Waals surface area contributed by atoms with Crippen molar-refractivity contribution in [1.82, 2.24) is 4.90 Å². The lowest BCUT2D eigenvalue weighted by Crippen LogP contribution is -2.34. The molecule has 1 atom stereocenters. The van der Waals surface area contributed by atoms with Crippen molar-refractivity contribution < 1.29 is 23.8 Å². The Morgan fingerprint density at radius 1 is 0.750 bits per heavy atom. The fraction of sp³-hybridized carbons (Fsp3) is 0.333. The number of ether oxygens (including phenoxy) is 3. The molecule has 0 aromatic heterocycles. The van der Waals surface area contributed by atoms with Gasteiger partial charge in [0.2, 0.25) is 0 Å². The molecule has 6 nitrogen and oxygen atoms in total. The monoisotopic (exact) mass is 487 g/mol. The Kier molecular flexibility index (Phi) is 8.87. The second kappa shape index (κ2) is 12.5. The molecule has 0 N–H and O–H groups in total. The molecular weight excluding hydrogens is 454 g/mol. The Balaban J connectivity index is 1.15. The van der Waals surface area contributed by atoms with Crippen molar-refractivity contribution >= 4 is 11.8 Å². The van der Waals surface area contributed by atoms with Crippen LogP contribution in [0.25, 0.3) is 0 Å². The highest BCUT2D eigenvalue weighted by atomic mass is 16.7. The van der Waals surface area contributed by atoms with E-state index in [1.54, 1.807) is 31.2 Å². The zero-order valence-corrected chi connectivity index (χ0v) is 20.9. The molecule has 0 aliphatic carbocycles. The summed E-state index contributed by atoms with van der Waals surface area (Å²) in [5.41, 5.74) is 4.47. The fourth-order valence-corrected chi connectivity index (χ4v) is 4.03. The van der Waals surface area contributed by atoms with Crippen molar-refractivity contribution in [3.05, 3.63) is 101 Å². The number of fused-ring (bicyclic) bond motifs is 1. The van der Waals surface area contributed by atoms with Gasteiger partial charge in [-0.15, -0.1) is 0 Å². The highest BCUT2D eigenvalue weighted by Gasteiger charge is 2.35. The van der Waals surface area contributed by atoms with E-state index < -0.39 is 6.29 Å². The minimum absolute atomic E-state index is 0.138. The highest BCUT2D eigenvalue weighted by Crippen LogP contribution is 2.22. The summed E-state index contributed by atoms with van der Waals surface area (Å²) >= 11 is 0. The van der Waals surface area contributed by atoms with Crippen LogP contribution in [0.5, 0.6) is 5.75 Å². The zero-order valence-electron chi connectivity index (χ0n) is 20.9. The molecule has 0 fully saturated rings. The van der Waals surface area contributed by atoms with Crippen molar-refractivity contribution in [3.8, 4) is 5.75 Å². The third kappa shape index (κ3) is 6.59. The number of imide groups is 1. The third-order valence-electron chi connectivity index (χ3n) is 6.23. The van der Waals surface area contributed by atoms with Gasteiger partial charge in [0.1, 0.15) is 19.1 Å². The largest absolute Gasteiger partial charge is 0.489 e. The molecular formula is C30H33NO5. The van der Waals surface area contributed by atoms with Gasteiger partial charge >= 0.3 is 0 Å². The van der Waals surface area contributed by atoms with Crippen LogP contribution in [-0.2, 0) is 28.9 Å². The molecule has 1 unspecified atom stereocenters. The molecule has 0 radical (unpaired) electrons. The van der Waals surface area contributed by atoms with E-state index in [4.69, 9.17) is 14.2 Å². The lowest BCUT2D eigenvalue weighted by atomic mass is 10.1. The summed E-state index contributed by atoms with van der Waals surface area (Å²) in [5, 5.41) is 0. The lowest BCUT2D eigenvalue weighted by Gasteiger charge is -2.19. The van der Waals surface area contributed by atoms with Crippen LogP contribution in [0, 0.1) is 0 Å². The Hall–Kier alpha value is -3.48. The Morgan fingerprint density at radius 2 is 1.33 bits per heavy atom. The summed E-state index contributed by atoms with van der Waals surface area (Å²) < 4.78 is 17.2. The molecule has 3 aromatic rings. The van der Waals surface area contributed by atoms with Crippen molar-refractivity contribution in [1.29, 1.82) is 0 Å². The summed E-state index contributed by atoms with van der Waals surface area (Å²) in [7, 11) is 0. The first kappa shape index (κ1) is 25.6. The Bertz CT molecular complexity index is 1120. The van der Waals surface area contributed by atoms with Crippen molar-refractivity contribution in [2.45, 2.75) is 52.4 Å². The number of amides is 2. The van der Waals surface area contributed by atoms with Crippen molar-refractivity contribution in [3.63, 3.8) is 0 Å². The number of rotatable bonds is 13. The van der Waals surface area contributed by atoms with Crippen LogP contribution in [0.15, 0.2) is 72.8 Å². The van der Waals surface area contributed by atoms with Gasteiger partial charge in [-0.05, 0) is 67.1 Å². The van der Waals surface area contributed by atoms with Crippen LogP contribution in [-0.4, -0.2) is 36.3 Å². The standard InChI is InChI=1S/C30H33NO5/c1-3-4-7-23-10-12-25(13-11-23)20-35-26-16-14-24(15-17-26)18-19-34-22(2)36-21-31-29(32)27-8-5-6-9-28(27)30(31)33/h5-6,8-17,22H,3-4,7,18-21H2,1-2H3. The zero-order chi connectivity index (χ0) is 25.3. The van der Waals surface area contributed by atoms with Gasteiger partial charge in [-0.2, -0.15) is 0 Å². The van der Waals surface area contributed by atoms with Crippen LogP contribution >= 0.6 is 0 Å². The number of hydrogen-bond donors (Lipinski definition) is 0. The van der Waals surface area contributed by atoms with Crippen LogP contribution in [0.3, 0.4) is 0 Å². The molecule has 2 amide bonds. The summed E-state index contributed by atoms with van der Waals surface area (Å²) in [5.74, 6) is 0.149. The van der Waals surface area contributed by atoms with Crippen molar-refractivity contribution in [2.75, 3.05) is 13.3 Å². The molecule has 1 aliphatic heterocycles. The number of aryl methyl sites for hydroxylation is 1. The maximum Gasteiger partial charge on any atom is 0.263 e. The molecule has 4 rings (SSSR count). The third-order valence-corrected chi connectivity index (χ3v) is 6.23. The summed E-state index contributed by atoms with van der Waals surface area (Å²) in [6.07, 6.45) is 3.71. The minimum Gasteiger partial charge on any atom is -0.489 e. The first-order valence-corrected chi connectivity index (χ1v) is 12.5. The molecule has 188 valence electrons. The quantitative estimate of drug-likeness (QED) is 0.226. The van der Waals surface area contributed by atoms with E-state index in [9.17, 15) is 9.59 Å². The summed E-state index contributed by atoms with van der Waals surface area (Å²) in [6, 6.07) is 23.4. The normalized spacial score (nSPS) is 13.7. The van der Waals surface area contributed by atoms with Gasteiger partial charge in [-0.3, -0.25) is 9.59 Å². The number of nitrogens with zero attached hydrogens (tertiary/aromatic N) is 1.